The smallest absolute Gasteiger partial charge is 0.131 e. The number of hydrogen-bond donors (Lipinski definition) is 1. The fourth-order valence-electron chi connectivity index (χ4n) is 1.92. The normalized spacial score (nSPS) is 10.9. The zero-order valence-corrected chi connectivity index (χ0v) is 8.97. The van der Waals surface area contributed by atoms with E-state index < -0.39 is 0 Å². The Morgan fingerprint density at radius 3 is 2.73 bits per heavy atom. The van der Waals surface area contributed by atoms with E-state index in [1.54, 1.807) is 6.07 Å². The molecule has 0 atom stereocenters. The molecular weight excluding hydrogens is 189 g/mol. The Bertz CT molecular complexity index is 491. The number of benzene rings is 2. The highest BCUT2D eigenvalue weighted by atomic mass is 19.1. The Morgan fingerprint density at radius 1 is 1.20 bits per heavy atom. The highest BCUT2D eigenvalue weighted by Crippen LogP contribution is 2.23. The summed E-state index contributed by atoms with van der Waals surface area (Å²) in [5.74, 6) is -0.145. The van der Waals surface area contributed by atoms with Gasteiger partial charge in [-0.25, -0.2) is 4.39 Å². The van der Waals surface area contributed by atoms with Gasteiger partial charge in [0.2, 0.25) is 0 Å². The van der Waals surface area contributed by atoms with Crippen molar-refractivity contribution in [1.29, 1.82) is 0 Å². The molecule has 0 saturated carbocycles. The maximum Gasteiger partial charge on any atom is 0.131 e. The van der Waals surface area contributed by atoms with Crippen LogP contribution < -0.4 is 5.32 Å². The van der Waals surface area contributed by atoms with E-state index >= 15 is 0 Å². The summed E-state index contributed by atoms with van der Waals surface area (Å²) in [7, 11) is 1.89. The van der Waals surface area contributed by atoms with E-state index in [0.717, 1.165) is 23.1 Å². The van der Waals surface area contributed by atoms with Crippen molar-refractivity contribution in [2.75, 3.05) is 7.05 Å². The molecule has 1 nitrogen and oxygen atoms in total. The van der Waals surface area contributed by atoms with Gasteiger partial charge < -0.3 is 5.32 Å². The Kier molecular flexibility index (Phi) is 2.69. The molecule has 0 fully saturated rings. The molecule has 0 radical (unpaired) electrons. The fourth-order valence-corrected chi connectivity index (χ4v) is 1.92. The van der Waals surface area contributed by atoms with Crippen molar-refractivity contribution >= 4 is 10.8 Å². The minimum absolute atomic E-state index is 0.145. The first-order valence-corrected chi connectivity index (χ1v) is 5.04. The molecule has 15 heavy (non-hydrogen) atoms. The molecule has 0 bridgehead atoms. The molecule has 2 rings (SSSR count). The second kappa shape index (κ2) is 3.99. The third-order valence-electron chi connectivity index (χ3n) is 2.59. The SMILES string of the molecule is CNCc1cc(C)c2cccc(F)c2c1. The van der Waals surface area contributed by atoms with Crippen LogP contribution in [-0.4, -0.2) is 7.05 Å². The summed E-state index contributed by atoms with van der Waals surface area (Å²) in [5, 5.41) is 4.78. The van der Waals surface area contributed by atoms with Gasteiger partial charge in [-0.1, -0.05) is 18.2 Å². The molecule has 0 aliphatic heterocycles. The summed E-state index contributed by atoms with van der Waals surface area (Å²) in [4.78, 5) is 0. The lowest BCUT2D eigenvalue weighted by Gasteiger charge is -2.07. The van der Waals surface area contributed by atoms with Crippen LogP contribution in [0.25, 0.3) is 10.8 Å². The first kappa shape index (κ1) is 10.1. The quantitative estimate of drug-likeness (QED) is 0.791. The zero-order valence-electron chi connectivity index (χ0n) is 8.97. The van der Waals surface area contributed by atoms with E-state index in [1.807, 2.05) is 26.1 Å². The first-order valence-electron chi connectivity index (χ1n) is 5.04. The number of hydrogen-bond acceptors (Lipinski definition) is 1. The van der Waals surface area contributed by atoms with Crippen LogP contribution in [0.3, 0.4) is 0 Å². The van der Waals surface area contributed by atoms with E-state index in [2.05, 4.69) is 11.4 Å². The number of aryl methyl sites for hydroxylation is 1. The predicted octanol–water partition coefficient (Wildman–Crippen LogP) is 3.01. The van der Waals surface area contributed by atoms with Crippen molar-refractivity contribution in [2.24, 2.45) is 0 Å². The van der Waals surface area contributed by atoms with Gasteiger partial charge >= 0.3 is 0 Å². The van der Waals surface area contributed by atoms with Gasteiger partial charge in [-0.05, 0) is 42.6 Å². The molecule has 0 aliphatic rings. The third-order valence-corrected chi connectivity index (χ3v) is 2.59. The molecule has 0 aromatic heterocycles. The van der Waals surface area contributed by atoms with Gasteiger partial charge in [0, 0.05) is 11.9 Å². The lowest BCUT2D eigenvalue weighted by atomic mass is 10.0. The van der Waals surface area contributed by atoms with Gasteiger partial charge in [-0.15, -0.1) is 0 Å². The minimum Gasteiger partial charge on any atom is -0.316 e. The highest BCUT2D eigenvalue weighted by molar-refractivity contribution is 5.86. The van der Waals surface area contributed by atoms with E-state index in [4.69, 9.17) is 0 Å². The van der Waals surface area contributed by atoms with Gasteiger partial charge in [0.15, 0.2) is 0 Å². The molecule has 1 N–H and O–H groups in total. The van der Waals surface area contributed by atoms with Crippen LogP contribution in [0.15, 0.2) is 30.3 Å². The molecule has 0 spiro atoms. The van der Waals surface area contributed by atoms with E-state index in [9.17, 15) is 4.39 Å². The number of halogens is 1. The largest absolute Gasteiger partial charge is 0.316 e. The summed E-state index contributed by atoms with van der Waals surface area (Å²) in [6, 6.07) is 9.22. The summed E-state index contributed by atoms with van der Waals surface area (Å²) in [5.41, 5.74) is 2.24. The molecule has 78 valence electrons. The van der Waals surface area contributed by atoms with Crippen LogP contribution in [0, 0.1) is 12.7 Å². The zero-order chi connectivity index (χ0) is 10.8. The van der Waals surface area contributed by atoms with Crippen LogP contribution in [0.5, 0.6) is 0 Å². The van der Waals surface area contributed by atoms with Crippen molar-refractivity contribution in [2.45, 2.75) is 13.5 Å². The van der Waals surface area contributed by atoms with Crippen molar-refractivity contribution in [1.82, 2.24) is 5.32 Å². The maximum atomic E-state index is 13.6. The standard InChI is InChI=1S/C13H14FN/c1-9-6-10(8-15-2)7-12-11(9)4-3-5-13(12)14/h3-7,15H,8H2,1-2H3. The van der Waals surface area contributed by atoms with E-state index in [-0.39, 0.29) is 5.82 Å². The molecule has 0 amide bonds. The Hall–Kier alpha value is -1.41. The minimum atomic E-state index is -0.145. The Labute approximate surface area is 88.9 Å². The van der Waals surface area contributed by atoms with Gasteiger partial charge in [0.1, 0.15) is 5.82 Å². The van der Waals surface area contributed by atoms with Gasteiger partial charge in [0.05, 0.1) is 0 Å². The average Bonchev–Trinajstić information content (AvgIpc) is 2.20. The topological polar surface area (TPSA) is 12.0 Å². The lowest BCUT2D eigenvalue weighted by Crippen LogP contribution is -2.05. The Morgan fingerprint density at radius 2 is 2.00 bits per heavy atom. The van der Waals surface area contributed by atoms with Crippen LogP contribution in [0.4, 0.5) is 4.39 Å². The number of nitrogens with one attached hydrogen (secondary N) is 1. The summed E-state index contributed by atoms with van der Waals surface area (Å²) in [6.45, 7) is 2.78. The molecular formula is C13H14FN. The second-order valence-electron chi connectivity index (χ2n) is 3.78. The predicted molar refractivity (Wildman–Crippen MR) is 61.4 cm³/mol. The fraction of sp³-hybridized carbons (Fsp3) is 0.231. The molecule has 2 aromatic rings. The van der Waals surface area contributed by atoms with Gasteiger partial charge in [0.25, 0.3) is 0 Å². The van der Waals surface area contributed by atoms with Crippen molar-refractivity contribution in [3.63, 3.8) is 0 Å². The molecule has 2 heteroatoms. The maximum absolute atomic E-state index is 13.6. The van der Waals surface area contributed by atoms with Gasteiger partial charge in [-0.3, -0.25) is 0 Å². The summed E-state index contributed by atoms with van der Waals surface area (Å²) in [6.07, 6.45) is 0. The van der Waals surface area contributed by atoms with E-state index in [0.29, 0.717) is 5.39 Å². The molecule has 0 unspecified atom stereocenters. The highest BCUT2D eigenvalue weighted by Gasteiger charge is 2.04. The van der Waals surface area contributed by atoms with Gasteiger partial charge in [-0.2, -0.15) is 0 Å². The Balaban J connectivity index is 2.68. The van der Waals surface area contributed by atoms with E-state index in [1.165, 1.54) is 6.07 Å². The molecule has 0 saturated heterocycles. The first-order chi connectivity index (χ1) is 7.22. The lowest BCUT2D eigenvalue weighted by molar-refractivity contribution is 0.639. The van der Waals surface area contributed by atoms with Crippen molar-refractivity contribution in [3.05, 3.63) is 47.3 Å². The average molecular weight is 203 g/mol. The summed E-state index contributed by atoms with van der Waals surface area (Å²) >= 11 is 0. The third kappa shape index (κ3) is 1.85. The monoisotopic (exact) mass is 203 g/mol. The number of fused-ring (bicyclic) bond motifs is 1. The van der Waals surface area contributed by atoms with Crippen LogP contribution in [0.2, 0.25) is 0 Å². The van der Waals surface area contributed by atoms with Crippen molar-refractivity contribution in [3.8, 4) is 0 Å². The van der Waals surface area contributed by atoms with Crippen LogP contribution in [0.1, 0.15) is 11.1 Å². The molecule has 0 aliphatic carbocycles. The van der Waals surface area contributed by atoms with Crippen molar-refractivity contribution < 1.29 is 4.39 Å². The van der Waals surface area contributed by atoms with Crippen LogP contribution >= 0.6 is 0 Å². The van der Waals surface area contributed by atoms with Crippen LogP contribution in [-0.2, 0) is 6.54 Å². The molecule has 2 aromatic carbocycles. The second-order valence-corrected chi connectivity index (χ2v) is 3.78. The number of rotatable bonds is 2. The summed E-state index contributed by atoms with van der Waals surface area (Å²) < 4.78 is 13.6. The molecule has 0 heterocycles.